The molecule has 0 unspecified atom stereocenters. The van der Waals surface area contributed by atoms with Crippen LogP contribution in [0.3, 0.4) is 0 Å². The quantitative estimate of drug-likeness (QED) is 0.224. The van der Waals surface area contributed by atoms with Crippen molar-refractivity contribution in [2.24, 2.45) is 27.8 Å². The number of hydrogen-bond donors (Lipinski definition) is 1. The lowest BCUT2D eigenvalue weighted by Gasteiger charge is -2.39. The van der Waals surface area contributed by atoms with Gasteiger partial charge in [0, 0.05) is 18.3 Å². The Morgan fingerprint density at radius 1 is 1.12 bits per heavy atom. The van der Waals surface area contributed by atoms with Crippen LogP contribution in [0.2, 0.25) is 0 Å². The maximum Gasteiger partial charge on any atom is 0.278 e. The molecule has 34 heavy (non-hydrogen) atoms. The number of hydrogen-bond acceptors (Lipinski definition) is 5. The summed E-state index contributed by atoms with van der Waals surface area (Å²) in [6.07, 6.45) is 9.57. The Hall–Kier alpha value is -2.96. The molecule has 1 amide bonds. The molecule has 0 saturated carbocycles. The van der Waals surface area contributed by atoms with Crippen LogP contribution in [0.25, 0.3) is 0 Å². The highest BCUT2D eigenvalue weighted by atomic mass is 16.6. The van der Waals surface area contributed by atoms with Gasteiger partial charge in [0.2, 0.25) is 0 Å². The number of carbonyl (C=O) groups is 1. The average Bonchev–Trinajstić information content (AvgIpc) is 3.18. The van der Waals surface area contributed by atoms with Crippen LogP contribution in [0.5, 0.6) is 0 Å². The minimum Gasteiger partial charge on any atom is -0.363 e. The average molecular weight is 465 g/mol. The predicted octanol–water partition coefficient (Wildman–Crippen LogP) is 6.54. The van der Waals surface area contributed by atoms with E-state index in [-0.39, 0.29) is 28.6 Å². The number of allylic oxidation sites excluding steroid dienone is 4. The Labute approximate surface area is 202 Å². The highest BCUT2D eigenvalue weighted by Gasteiger charge is 2.41. The molecule has 2 aliphatic carbocycles. The summed E-state index contributed by atoms with van der Waals surface area (Å²) in [4.78, 5) is 24.4. The molecule has 3 atom stereocenters. The number of carbonyl (C=O) groups excluding carboxylic acids is 1. The number of nitro groups is 1. The first kappa shape index (κ1) is 24.2. The molecule has 1 aliphatic heterocycles. The van der Waals surface area contributed by atoms with E-state index < -0.39 is 4.92 Å². The Balaban J connectivity index is 1.60. The zero-order valence-electron chi connectivity index (χ0n) is 21.1. The number of amides is 1. The van der Waals surface area contributed by atoms with Gasteiger partial charge in [0.05, 0.1) is 16.2 Å². The van der Waals surface area contributed by atoms with Crippen molar-refractivity contribution >= 4 is 23.5 Å². The number of non-ortho nitro benzene ring substituents is 1. The van der Waals surface area contributed by atoms with E-state index in [4.69, 9.17) is 0 Å². The topological polar surface area (TPSA) is 87.8 Å². The van der Waals surface area contributed by atoms with E-state index in [9.17, 15) is 14.9 Å². The fourth-order valence-electron chi connectivity index (χ4n) is 5.46. The van der Waals surface area contributed by atoms with E-state index in [0.717, 1.165) is 19.3 Å². The van der Waals surface area contributed by atoms with Gasteiger partial charge in [-0.05, 0) is 68.3 Å². The second-order valence-corrected chi connectivity index (χ2v) is 11.1. The molecule has 0 radical (unpaired) electrons. The molecule has 0 bridgehead atoms. The van der Waals surface area contributed by atoms with Gasteiger partial charge in [0.1, 0.15) is 6.17 Å². The lowest BCUT2D eigenvalue weighted by Crippen LogP contribution is -2.47. The maximum absolute atomic E-state index is 13.5. The van der Waals surface area contributed by atoms with Crippen molar-refractivity contribution in [3.8, 4) is 0 Å². The van der Waals surface area contributed by atoms with Gasteiger partial charge < -0.3 is 5.32 Å². The molecule has 4 rings (SSSR count). The van der Waals surface area contributed by atoms with Crippen molar-refractivity contribution in [1.82, 2.24) is 5.01 Å². The first-order valence-electron chi connectivity index (χ1n) is 12.2. The molecule has 1 heterocycles. The monoisotopic (exact) mass is 464 g/mol. The summed E-state index contributed by atoms with van der Waals surface area (Å²) in [6.45, 7) is 13.4. The van der Waals surface area contributed by atoms with E-state index in [1.807, 2.05) is 6.21 Å². The van der Waals surface area contributed by atoms with Crippen molar-refractivity contribution in [2.75, 3.05) is 5.32 Å². The third-order valence-electron chi connectivity index (χ3n) is 8.86. The van der Waals surface area contributed by atoms with Crippen LogP contribution in [-0.2, 0) is 0 Å². The highest BCUT2D eigenvalue weighted by molar-refractivity contribution is 6.02. The van der Waals surface area contributed by atoms with Crippen molar-refractivity contribution in [1.29, 1.82) is 0 Å². The fraction of sp³-hybridized carbons (Fsp3) is 0.556. The standard InChI is InChI=1S/C27H36N4O3/c1-17-7-9-19(26(17,3)4)13-14-28-30-24(15-20-10-8-18(2)27(20,5)6)29-23-16-21(31(33)34)11-12-22(23)25(30)32/h7-8,11-12,14,16,19-20,24,29H,9-10,13,15H2,1-6H3/b28-14-/t19-,20-,24-/m1/s1. The predicted molar refractivity (Wildman–Crippen MR) is 136 cm³/mol. The normalized spacial score (nSPS) is 27.4. The summed E-state index contributed by atoms with van der Waals surface area (Å²) in [6, 6.07) is 4.36. The van der Waals surface area contributed by atoms with Gasteiger partial charge in [0.15, 0.2) is 0 Å². The Kier molecular flexibility index (Phi) is 6.17. The molecule has 3 aliphatic rings. The van der Waals surface area contributed by atoms with Crippen LogP contribution >= 0.6 is 0 Å². The molecular weight excluding hydrogens is 428 g/mol. The van der Waals surface area contributed by atoms with Gasteiger partial charge >= 0.3 is 0 Å². The minimum absolute atomic E-state index is 0.0279. The summed E-state index contributed by atoms with van der Waals surface area (Å²) in [5.41, 5.74) is 3.81. The van der Waals surface area contributed by atoms with Gasteiger partial charge in [-0.2, -0.15) is 5.10 Å². The number of benzene rings is 1. The van der Waals surface area contributed by atoms with Gasteiger partial charge in [-0.1, -0.05) is 51.0 Å². The van der Waals surface area contributed by atoms with Crippen molar-refractivity contribution < 1.29 is 9.72 Å². The van der Waals surface area contributed by atoms with E-state index in [0.29, 0.717) is 29.5 Å². The molecule has 7 nitrogen and oxygen atoms in total. The number of rotatable bonds is 6. The number of nitrogens with one attached hydrogen (secondary N) is 1. The second kappa shape index (κ2) is 8.67. The molecule has 0 saturated heterocycles. The molecule has 182 valence electrons. The van der Waals surface area contributed by atoms with Gasteiger partial charge in [0.25, 0.3) is 11.6 Å². The first-order valence-corrected chi connectivity index (χ1v) is 12.2. The Bertz CT molecular complexity index is 1100. The molecule has 0 aromatic heterocycles. The van der Waals surface area contributed by atoms with Gasteiger partial charge in [-0.15, -0.1) is 0 Å². The van der Waals surface area contributed by atoms with Gasteiger partial charge in [-0.25, -0.2) is 5.01 Å². The molecule has 0 fully saturated rings. The Morgan fingerprint density at radius 2 is 1.74 bits per heavy atom. The lowest BCUT2D eigenvalue weighted by atomic mass is 9.75. The fourth-order valence-corrected chi connectivity index (χ4v) is 5.46. The summed E-state index contributed by atoms with van der Waals surface area (Å²) in [5, 5.41) is 21.0. The lowest BCUT2D eigenvalue weighted by molar-refractivity contribution is -0.384. The molecule has 7 heteroatoms. The first-order chi connectivity index (χ1) is 15.9. The zero-order valence-corrected chi connectivity index (χ0v) is 21.1. The molecule has 1 aromatic carbocycles. The number of nitrogens with zero attached hydrogens (tertiary/aromatic N) is 3. The minimum atomic E-state index is -0.432. The number of fused-ring (bicyclic) bond motifs is 1. The summed E-state index contributed by atoms with van der Waals surface area (Å²) in [7, 11) is 0. The third kappa shape index (κ3) is 4.17. The maximum atomic E-state index is 13.5. The number of nitro benzene ring substituents is 1. The third-order valence-corrected chi connectivity index (χ3v) is 8.86. The summed E-state index contributed by atoms with van der Waals surface area (Å²) >= 11 is 0. The van der Waals surface area contributed by atoms with E-state index in [1.165, 1.54) is 29.3 Å². The molecular formula is C27H36N4O3. The van der Waals surface area contributed by atoms with Crippen LogP contribution in [0.15, 0.2) is 46.6 Å². The Morgan fingerprint density at radius 3 is 2.29 bits per heavy atom. The van der Waals surface area contributed by atoms with Crippen LogP contribution in [0.1, 0.15) is 77.6 Å². The highest BCUT2D eigenvalue weighted by Crippen LogP contribution is 2.47. The van der Waals surface area contributed by atoms with E-state index >= 15 is 0 Å². The number of anilines is 1. The van der Waals surface area contributed by atoms with Crippen LogP contribution in [0, 0.1) is 32.8 Å². The molecule has 1 N–H and O–H groups in total. The molecule has 1 aromatic rings. The number of hydrazone groups is 1. The van der Waals surface area contributed by atoms with Gasteiger partial charge in [-0.3, -0.25) is 14.9 Å². The molecule has 0 spiro atoms. The van der Waals surface area contributed by atoms with Crippen LogP contribution in [0.4, 0.5) is 11.4 Å². The smallest absolute Gasteiger partial charge is 0.278 e. The second-order valence-electron chi connectivity index (χ2n) is 11.1. The van der Waals surface area contributed by atoms with Crippen molar-refractivity contribution in [3.05, 3.63) is 57.2 Å². The van der Waals surface area contributed by atoms with Crippen molar-refractivity contribution in [2.45, 2.75) is 73.4 Å². The summed E-state index contributed by atoms with van der Waals surface area (Å²) in [5.74, 6) is 0.583. The van der Waals surface area contributed by atoms with E-state index in [2.05, 4.69) is 64.1 Å². The van der Waals surface area contributed by atoms with Crippen molar-refractivity contribution in [3.63, 3.8) is 0 Å². The van der Waals surface area contributed by atoms with Crippen LogP contribution < -0.4 is 5.32 Å². The van der Waals surface area contributed by atoms with Crippen LogP contribution in [-0.4, -0.2) is 28.2 Å². The summed E-state index contributed by atoms with van der Waals surface area (Å²) < 4.78 is 0. The zero-order chi connectivity index (χ0) is 24.8. The largest absolute Gasteiger partial charge is 0.363 e. The SMILES string of the molecule is CC1=CC[C@H](C/C=N\N2C(=O)c3ccc([N+](=O)[O-])cc3N[C@H]2C[C@H]2CC=C(C)C2(C)C)C1(C)C. The van der Waals surface area contributed by atoms with E-state index in [1.54, 1.807) is 5.01 Å².